The molecule has 1 N–H and O–H groups in total. The molecule has 194 valence electrons. The molecule has 2 aromatic heterocycles. The van der Waals surface area contributed by atoms with Gasteiger partial charge in [-0.15, -0.1) is 0 Å². The van der Waals surface area contributed by atoms with Crippen LogP contribution in [0.25, 0.3) is 11.3 Å². The Kier molecular flexibility index (Phi) is 7.00. The first kappa shape index (κ1) is 25.4. The Morgan fingerprint density at radius 2 is 1.72 bits per heavy atom. The van der Waals surface area contributed by atoms with Gasteiger partial charge in [-0.25, -0.2) is 0 Å². The van der Waals surface area contributed by atoms with Gasteiger partial charge in [0.05, 0.1) is 16.8 Å². The van der Waals surface area contributed by atoms with E-state index in [9.17, 15) is 0 Å². The monoisotopic (exact) mass is 571 g/mol. The van der Waals surface area contributed by atoms with Crippen LogP contribution in [0.2, 0.25) is 10.0 Å². The van der Waals surface area contributed by atoms with Crippen molar-refractivity contribution >= 4 is 46.2 Å². The molecule has 1 saturated heterocycles. The number of nitrogens with zero attached hydrogens (tertiary/aromatic N) is 2. The summed E-state index contributed by atoms with van der Waals surface area (Å²) in [6, 6.07) is 30.3. The highest BCUT2D eigenvalue weighted by Crippen LogP contribution is 2.44. The number of nitrogens with one attached hydrogen (secondary N) is 1. The standard InChI is InChI=1S/C31H23Cl2N3O2S/c1-19-6-2-3-8-26(19)37-22-12-10-21(11-13-22)36-30(29(35-31(36)39)25-7-4-5-17-34-25)28-16-15-27(38-28)23-14-9-20(32)18-24(23)33/h2-18,29-30H,1H3,(H,35,39)/t29-,30-/m0/s1. The minimum atomic E-state index is -0.296. The van der Waals surface area contributed by atoms with Gasteiger partial charge in [-0.1, -0.05) is 47.5 Å². The van der Waals surface area contributed by atoms with E-state index < -0.39 is 0 Å². The summed E-state index contributed by atoms with van der Waals surface area (Å²) in [6.45, 7) is 2.02. The van der Waals surface area contributed by atoms with Gasteiger partial charge in [-0.05, 0) is 97.5 Å². The van der Waals surface area contributed by atoms with Crippen molar-refractivity contribution in [2.45, 2.75) is 19.0 Å². The fourth-order valence-corrected chi connectivity index (χ4v) is 5.59. The molecule has 0 spiro atoms. The van der Waals surface area contributed by atoms with Gasteiger partial charge in [0.15, 0.2) is 5.11 Å². The summed E-state index contributed by atoms with van der Waals surface area (Å²) in [5.41, 5.74) is 3.59. The van der Waals surface area contributed by atoms with Crippen molar-refractivity contribution in [2.75, 3.05) is 4.90 Å². The molecule has 5 aromatic rings. The number of aromatic nitrogens is 1. The van der Waals surface area contributed by atoms with Crippen LogP contribution >= 0.6 is 35.4 Å². The SMILES string of the molecule is Cc1ccccc1Oc1ccc(N2C(=S)N[C@@H](c3ccccn3)[C@@H]2c2ccc(-c3ccc(Cl)cc3Cl)o2)cc1. The Labute approximate surface area is 242 Å². The fourth-order valence-electron chi connectivity index (χ4n) is 4.74. The molecule has 2 atom stereocenters. The third-order valence-electron chi connectivity index (χ3n) is 6.65. The number of thiocarbonyl (C=S) groups is 1. The molecule has 0 unspecified atom stereocenters. The van der Waals surface area contributed by atoms with Crippen molar-refractivity contribution in [3.63, 3.8) is 0 Å². The van der Waals surface area contributed by atoms with E-state index in [0.717, 1.165) is 39.8 Å². The second-order valence-corrected chi connectivity index (χ2v) is 10.4. The summed E-state index contributed by atoms with van der Waals surface area (Å²) in [4.78, 5) is 6.66. The zero-order valence-corrected chi connectivity index (χ0v) is 23.2. The summed E-state index contributed by atoms with van der Waals surface area (Å²) in [6.07, 6.45) is 1.78. The van der Waals surface area contributed by atoms with Crippen LogP contribution in [0.3, 0.4) is 0 Å². The molecule has 0 saturated carbocycles. The fraction of sp³-hybridized carbons (Fsp3) is 0.0968. The lowest BCUT2D eigenvalue weighted by Gasteiger charge is -2.26. The molecule has 1 aliphatic heterocycles. The average Bonchev–Trinajstić information content (AvgIpc) is 3.55. The first-order valence-corrected chi connectivity index (χ1v) is 13.5. The maximum atomic E-state index is 6.48. The van der Waals surface area contributed by atoms with Crippen molar-refractivity contribution in [3.05, 3.63) is 130 Å². The molecule has 0 bridgehead atoms. The molecule has 3 aromatic carbocycles. The van der Waals surface area contributed by atoms with Crippen LogP contribution in [-0.4, -0.2) is 10.1 Å². The Morgan fingerprint density at radius 1 is 0.923 bits per heavy atom. The number of hydrogen-bond donors (Lipinski definition) is 1. The number of aryl methyl sites for hydroxylation is 1. The van der Waals surface area contributed by atoms with Crippen molar-refractivity contribution in [2.24, 2.45) is 0 Å². The molecule has 39 heavy (non-hydrogen) atoms. The van der Waals surface area contributed by atoms with Crippen molar-refractivity contribution < 1.29 is 9.15 Å². The first-order chi connectivity index (χ1) is 19.0. The number of pyridine rings is 1. The predicted octanol–water partition coefficient (Wildman–Crippen LogP) is 8.93. The third kappa shape index (κ3) is 5.11. The van der Waals surface area contributed by atoms with Crippen LogP contribution in [0, 0.1) is 6.92 Å². The summed E-state index contributed by atoms with van der Waals surface area (Å²) in [5, 5.41) is 5.12. The average molecular weight is 573 g/mol. The highest BCUT2D eigenvalue weighted by Gasteiger charge is 2.42. The number of halogens is 2. The number of benzene rings is 3. The minimum absolute atomic E-state index is 0.235. The van der Waals surface area contributed by atoms with Gasteiger partial charge in [0, 0.05) is 22.5 Å². The van der Waals surface area contributed by atoms with E-state index in [2.05, 4.69) is 15.2 Å². The molecule has 0 radical (unpaired) electrons. The van der Waals surface area contributed by atoms with E-state index in [1.165, 1.54) is 0 Å². The molecular weight excluding hydrogens is 549 g/mol. The van der Waals surface area contributed by atoms with E-state index in [0.29, 0.717) is 20.9 Å². The first-order valence-electron chi connectivity index (χ1n) is 12.4. The van der Waals surface area contributed by atoms with E-state index in [1.807, 2.05) is 91.9 Å². The van der Waals surface area contributed by atoms with Gasteiger partial charge in [-0.3, -0.25) is 4.98 Å². The smallest absolute Gasteiger partial charge is 0.174 e. The normalized spacial score (nSPS) is 16.8. The Bertz CT molecular complexity index is 1640. The van der Waals surface area contributed by atoms with Gasteiger partial charge in [0.25, 0.3) is 0 Å². The van der Waals surface area contributed by atoms with E-state index >= 15 is 0 Å². The predicted molar refractivity (Wildman–Crippen MR) is 160 cm³/mol. The topological polar surface area (TPSA) is 50.5 Å². The number of anilines is 1. The zero-order chi connectivity index (χ0) is 26.9. The van der Waals surface area contributed by atoms with E-state index in [1.54, 1.807) is 18.3 Å². The number of furan rings is 1. The third-order valence-corrected chi connectivity index (χ3v) is 7.51. The lowest BCUT2D eigenvalue weighted by molar-refractivity contribution is 0.439. The second kappa shape index (κ2) is 10.7. The highest BCUT2D eigenvalue weighted by molar-refractivity contribution is 7.80. The zero-order valence-electron chi connectivity index (χ0n) is 20.8. The number of ether oxygens (including phenoxy) is 1. The molecule has 3 heterocycles. The number of hydrogen-bond acceptors (Lipinski definition) is 4. The molecule has 6 rings (SSSR count). The van der Waals surface area contributed by atoms with Crippen LogP contribution in [0.5, 0.6) is 11.5 Å². The van der Waals surface area contributed by atoms with Crippen molar-refractivity contribution in [1.29, 1.82) is 0 Å². The van der Waals surface area contributed by atoms with Gasteiger partial charge in [-0.2, -0.15) is 0 Å². The molecule has 5 nitrogen and oxygen atoms in total. The highest BCUT2D eigenvalue weighted by atomic mass is 35.5. The van der Waals surface area contributed by atoms with Crippen LogP contribution in [0.4, 0.5) is 5.69 Å². The van der Waals surface area contributed by atoms with Gasteiger partial charge >= 0.3 is 0 Å². The van der Waals surface area contributed by atoms with Crippen LogP contribution in [0.1, 0.15) is 29.1 Å². The van der Waals surface area contributed by atoms with Crippen molar-refractivity contribution in [1.82, 2.24) is 10.3 Å². The maximum Gasteiger partial charge on any atom is 0.174 e. The van der Waals surface area contributed by atoms with E-state index in [-0.39, 0.29) is 12.1 Å². The lowest BCUT2D eigenvalue weighted by Crippen LogP contribution is -2.29. The molecule has 1 aliphatic rings. The van der Waals surface area contributed by atoms with Gasteiger partial charge in [0.2, 0.25) is 0 Å². The van der Waals surface area contributed by atoms with Crippen LogP contribution < -0.4 is 15.0 Å². The molecule has 8 heteroatoms. The second-order valence-electron chi connectivity index (χ2n) is 9.18. The summed E-state index contributed by atoms with van der Waals surface area (Å²) in [7, 11) is 0. The Morgan fingerprint density at radius 3 is 2.46 bits per heavy atom. The van der Waals surface area contributed by atoms with Crippen LogP contribution in [-0.2, 0) is 0 Å². The van der Waals surface area contributed by atoms with Crippen LogP contribution in [0.15, 0.2) is 108 Å². The molecule has 1 fully saturated rings. The summed E-state index contributed by atoms with van der Waals surface area (Å²) in [5.74, 6) is 2.92. The Hall–Kier alpha value is -3.84. The van der Waals surface area contributed by atoms with Crippen molar-refractivity contribution in [3.8, 4) is 22.8 Å². The van der Waals surface area contributed by atoms with Gasteiger partial charge in [0.1, 0.15) is 29.1 Å². The Balaban J connectivity index is 1.36. The minimum Gasteiger partial charge on any atom is -0.459 e. The summed E-state index contributed by atoms with van der Waals surface area (Å²) >= 11 is 18.4. The molecule has 0 aliphatic carbocycles. The largest absolute Gasteiger partial charge is 0.459 e. The summed E-state index contributed by atoms with van der Waals surface area (Å²) < 4.78 is 12.5. The quantitative estimate of drug-likeness (QED) is 0.205. The van der Waals surface area contributed by atoms with Gasteiger partial charge < -0.3 is 19.4 Å². The lowest BCUT2D eigenvalue weighted by atomic mass is 10.0. The van der Waals surface area contributed by atoms with E-state index in [4.69, 9.17) is 44.6 Å². The number of para-hydroxylation sites is 1. The maximum absolute atomic E-state index is 6.48. The molecular formula is C31H23Cl2N3O2S. The molecule has 0 amide bonds. The number of rotatable bonds is 6.